The summed E-state index contributed by atoms with van der Waals surface area (Å²) in [7, 11) is 0. The van der Waals surface area contributed by atoms with Crippen molar-refractivity contribution in [2.24, 2.45) is 17.7 Å². The third-order valence-corrected chi connectivity index (χ3v) is 3.91. The lowest BCUT2D eigenvalue weighted by atomic mass is 9.80. The zero-order chi connectivity index (χ0) is 12.8. The van der Waals surface area contributed by atoms with Crippen molar-refractivity contribution in [3.8, 4) is 0 Å². The van der Waals surface area contributed by atoms with Crippen LogP contribution in [-0.4, -0.2) is 18.1 Å². The Kier molecular flexibility index (Phi) is 5.92. The van der Waals surface area contributed by atoms with Gasteiger partial charge in [-0.2, -0.15) is 0 Å². The molecule has 0 aromatic heterocycles. The van der Waals surface area contributed by atoms with Crippen LogP contribution in [0.3, 0.4) is 0 Å². The van der Waals surface area contributed by atoms with Crippen LogP contribution in [0.2, 0.25) is 0 Å². The van der Waals surface area contributed by atoms with Crippen LogP contribution in [0.1, 0.15) is 52.9 Å². The average molecular weight is 242 g/mol. The fraction of sp³-hybridized carbons (Fsp3) is 0.923. The van der Waals surface area contributed by atoms with Gasteiger partial charge in [0.2, 0.25) is 5.91 Å². The Bertz CT molecular complexity index is 246. The number of carbonyl (C=O) groups excluding carboxylic acids is 1. The van der Waals surface area contributed by atoms with Gasteiger partial charge in [-0.1, -0.05) is 13.8 Å². The van der Waals surface area contributed by atoms with Crippen LogP contribution in [0.25, 0.3) is 0 Å². The van der Waals surface area contributed by atoms with E-state index in [1.54, 1.807) is 0 Å². The van der Waals surface area contributed by atoms with Crippen LogP contribution in [0.15, 0.2) is 0 Å². The van der Waals surface area contributed by atoms with Gasteiger partial charge in [-0.3, -0.25) is 10.2 Å². The van der Waals surface area contributed by atoms with Gasteiger partial charge in [-0.15, -0.1) is 0 Å². The Morgan fingerprint density at radius 2 is 2.12 bits per heavy atom. The molecule has 17 heavy (non-hydrogen) atoms. The highest BCUT2D eigenvalue weighted by atomic mass is 16.5. The molecule has 0 radical (unpaired) electrons. The van der Waals surface area contributed by atoms with Crippen molar-refractivity contribution >= 4 is 5.91 Å². The molecule has 0 aliphatic heterocycles. The van der Waals surface area contributed by atoms with Gasteiger partial charge in [0.25, 0.3) is 0 Å². The molecular formula is C13H26N2O2. The summed E-state index contributed by atoms with van der Waals surface area (Å²) in [4.78, 5) is 11.0. The predicted octanol–water partition coefficient (Wildman–Crippen LogP) is 1.99. The number of nitrogens with two attached hydrogens (primary N) is 1. The number of carbonyl (C=O) groups is 1. The Balaban J connectivity index is 2.22. The highest BCUT2D eigenvalue weighted by Crippen LogP contribution is 2.31. The van der Waals surface area contributed by atoms with E-state index in [1.165, 1.54) is 6.42 Å². The van der Waals surface area contributed by atoms with Gasteiger partial charge in [0.15, 0.2) is 0 Å². The van der Waals surface area contributed by atoms with Crippen molar-refractivity contribution in [2.45, 2.75) is 65.1 Å². The molecule has 4 atom stereocenters. The predicted molar refractivity (Wildman–Crippen MR) is 68.1 cm³/mol. The number of hydrazine groups is 1. The minimum Gasteiger partial charge on any atom is -0.375 e. The molecule has 0 aromatic rings. The SMILES string of the molecule is CC(CCC(=O)NN)OC1CCC(C)C(C)C1. The molecule has 3 N–H and O–H groups in total. The first-order valence-corrected chi connectivity index (χ1v) is 6.67. The summed E-state index contributed by atoms with van der Waals surface area (Å²) < 4.78 is 5.98. The number of rotatable bonds is 5. The van der Waals surface area contributed by atoms with Crippen molar-refractivity contribution in [2.75, 3.05) is 0 Å². The maximum Gasteiger partial charge on any atom is 0.233 e. The minimum atomic E-state index is -0.119. The lowest BCUT2D eigenvalue weighted by Gasteiger charge is -2.33. The van der Waals surface area contributed by atoms with E-state index in [-0.39, 0.29) is 12.0 Å². The highest BCUT2D eigenvalue weighted by Gasteiger charge is 2.26. The van der Waals surface area contributed by atoms with Gasteiger partial charge in [0.1, 0.15) is 0 Å². The second kappa shape index (κ2) is 6.97. The molecule has 1 aliphatic rings. The standard InChI is InChI=1S/C13H26N2O2/c1-9-4-6-12(8-10(9)2)17-11(3)5-7-13(16)15-14/h9-12H,4-8,14H2,1-3H3,(H,15,16). The van der Waals surface area contributed by atoms with Crippen molar-refractivity contribution in [3.05, 3.63) is 0 Å². The fourth-order valence-electron chi connectivity index (χ4n) is 2.42. The van der Waals surface area contributed by atoms with E-state index in [1.807, 2.05) is 6.92 Å². The molecule has 0 saturated heterocycles. The Hall–Kier alpha value is -0.610. The zero-order valence-corrected chi connectivity index (χ0v) is 11.2. The summed E-state index contributed by atoms with van der Waals surface area (Å²) in [5.74, 6) is 6.47. The summed E-state index contributed by atoms with van der Waals surface area (Å²) >= 11 is 0. The topological polar surface area (TPSA) is 64.4 Å². The lowest BCUT2D eigenvalue weighted by Crippen LogP contribution is -2.32. The Morgan fingerprint density at radius 1 is 1.41 bits per heavy atom. The maximum absolute atomic E-state index is 11.0. The molecule has 0 aromatic carbocycles. The largest absolute Gasteiger partial charge is 0.375 e. The van der Waals surface area contributed by atoms with Gasteiger partial charge >= 0.3 is 0 Å². The van der Waals surface area contributed by atoms with E-state index >= 15 is 0 Å². The quantitative estimate of drug-likeness (QED) is 0.440. The molecule has 0 bridgehead atoms. The van der Waals surface area contributed by atoms with E-state index in [9.17, 15) is 4.79 Å². The monoisotopic (exact) mass is 242 g/mol. The second-order valence-electron chi connectivity index (χ2n) is 5.44. The Labute approximate surface area is 104 Å². The molecule has 4 nitrogen and oxygen atoms in total. The van der Waals surface area contributed by atoms with E-state index in [0.29, 0.717) is 12.5 Å². The van der Waals surface area contributed by atoms with Crippen molar-refractivity contribution in [1.29, 1.82) is 0 Å². The summed E-state index contributed by atoms with van der Waals surface area (Å²) in [5.41, 5.74) is 2.14. The maximum atomic E-state index is 11.0. The second-order valence-corrected chi connectivity index (χ2v) is 5.44. The normalized spacial score (nSPS) is 30.9. The number of hydrogen-bond donors (Lipinski definition) is 2. The van der Waals surface area contributed by atoms with Gasteiger partial charge in [0, 0.05) is 6.42 Å². The summed E-state index contributed by atoms with van der Waals surface area (Å²) in [6.07, 6.45) is 5.24. The molecule has 1 aliphatic carbocycles. The average Bonchev–Trinajstić information content (AvgIpc) is 2.31. The van der Waals surface area contributed by atoms with Gasteiger partial charge in [-0.05, 0) is 44.4 Å². The molecule has 0 heterocycles. The smallest absolute Gasteiger partial charge is 0.233 e. The minimum absolute atomic E-state index is 0.119. The number of amides is 1. The van der Waals surface area contributed by atoms with Gasteiger partial charge < -0.3 is 4.74 Å². The number of nitrogens with one attached hydrogen (secondary N) is 1. The van der Waals surface area contributed by atoms with E-state index in [2.05, 4.69) is 19.3 Å². The first-order chi connectivity index (χ1) is 8.02. The van der Waals surface area contributed by atoms with Gasteiger partial charge in [0.05, 0.1) is 12.2 Å². The molecule has 0 spiro atoms. The fourth-order valence-corrected chi connectivity index (χ4v) is 2.42. The highest BCUT2D eigenvalue weighted by molar-refractivity contribution is 5.75. The first-order valence-electron chi connectivity index (χ1n) is 6.67. The van der Waals surface area contributed by atoms with Crippen molar-refractivity contribution < 1.29 is 9.53 Å². The van der Waals surface area contributed by atoms with E-state index in [4.69, 9.17) is 10.6 Å². The molecule has 4 unspecified atom stereocenters. The molecule has 1 rings (SSSR count). The van der Waals surface area contributed by atoms with Gasteiger partial charge in [-0.25, -0.2) is 5.84 Å². The van der Waals surface area contributed by atoms with Crippen LogP contribution in [0.5, 0.6) is 0 Å². The van der Waals surface area contributed by atoms with Crippen LogP contribution >= 0.6 is 0 Å². The van der Waals surface area contributed by atoms with E-state index in [0.717, 1.165) is 31.1 Å². The van der Waals surface area contributed by atoms with Crippen LogP contribution < -0.4 is 11.3 Å². The zero-order valence-electron chi connectivity index (χ0n) is 11.2. The number of hydrogen-bond acceptors (Lipinski definition) is 3. The Morgan fingerprint density at radius 3 is 2.71 bits per heavy atom. The first kappa shape index (κ1) is 14.5. The summed E-state index contributed by atoms with van der Waals surface area (Å²) in [6.45, 7) is 6.65. The molecule has 1 amide bonds. The molecule has 100 valence electrons. The third-order valence-electron chi connectivity index (χ3n) is 3.91. The van der Waals surface area contributed by atoms with Crippen molar-refractivity contribution in [3.63, 3.8) is 0 Å². The van der Waals surface area contributed by atoms with Crippen LogP contribution in [-0.2, 0) is 9.53 Å². The molecular weight excluding hydrogens is 216 g/mol. The van der Waals surface area contributed by atoms with Crippen LogP contribution in [0, 0.1) is 11.8 Å². The molecule has 1 saturated carbocycles. The van der Waals surface area contributed by atoms with Crippen LogP contribution in [0.4, 0.5) is 0 Å². The molecule has 4 heteroatoms. The lowest BCUT2D eigenvalue weighted by molar-refractivity contribution is -0.122. The molecule has 1 fully saturated rings. The summed E-state index contributed by atoms with van der Waals surface area (Å²) in [6, 6.07) is 0. The van der Waals surface area contributed by atoms with E-state index < -0.39 is 0 Å². The van der Waals surface area contributed by atoms with Crippen molar-refractivity contribution in [1.82, 2.24) is 5.43 Å². The number of ether oxygens (including phenoxy) is 1. The summed E-state index contributed by atoms with van der Waals surface area (Å²) in [5, 5.41) is 0. The third kappa shape index (κ3) is 5.04.